The zero-order valence-electron chi connectivity index (χ0n) is 19.5. The van der Waals surface area contributed by atoms with E-state index < -0.39 is 36.0 Å². The van der Waals surface area contributed by atoms with E-state index in [1.807, 2.05) is 30.3 Å². The molecule has 2 aliphatic heterocycles. The number of nitrogens with zero attached hydrogens (tertiary/aromatic N) is 2. The standard InChI is InChI=1S/C27H18F3N3O3S2/c28-27(29,30)17-9-6-10-18(13-17)31-21(34)15-32-20-12-5-4-11-19(20)22(24(32)35)23-25(36)33(26(37)38-23)14-16-7-2-1-3-8-16/h1-13H,14-15H2,(H,31,34)/b23-22+. The second-order valence-corrected chi connectivity index (χ2v) is 10.1. The number of hydrogen-bond acceptors (Lipinski definition) is 5. The molecular formula is C27H18F3N3O3S2. The highest BCUT2D eigenvalue weighted by atomic mass is 32.2. The highest BCUT2D eigenvalue weighted by Gasteiger charge is 2.42. The molecule has 5 rings (SSSR count). The number of halogens is 3. The molecule has 11 heteroatoms. The zero-order chi connectivity index (χ0) is 27.0. The van der Waals surface area contributed by atoms with E-state index in [1.54, 1.807) is 24.3 Å². The van der Waals surface area contributed by atoms with Gasteiger partial charge in [0.1, 0.15) is 10.9 Å². The van der Waals surface area contributed by atoms with E-state index in [9.17, 15) is 27.6 Å². The average Bonchev–Trinajstić information content (AvgIpc) is 3.31. The summed E-state index contributed by atoms with van der Waals surface area (Å²) in [6.45, 7) is -0.207. The summed E-state index contributed by atoms with van der Waals surface area (Å²) in [4.78, 5) is 42.5. The monoisotopic (exact) mass is 553 g/mol. The third-order valence-corrected chi connectivity index (χ3v) is 7.41. The molecule has 3 amide bonds. The summed E-state index contributed by atoms with van der Waals surface area (Å²) in [5.41, 5.74) is 0.954. The third-order valence-electron chi connectivity index (χ3n) is 5.96. The SMILES string of the molecule is O=C(CN1C(=O)/C(=C2/SC(=S)N(Cc3ccccc3)C2=O)c2ccccc21)Nc1cccc(C(F)(F)F)c1. The van der Waals surface area contributed by atoms with Crippen LogP contribution < -0.4 is 10.2 Å². The van der Waals surface area contributed by atoms with Crippen LogP contribution in [-0.2, 0) is 27.1 Å². The predicted octanol–water partition coefficient (Wildman–Crippen LogP) is 5.46. The van der Waals surface area contributed by atoms with Crippen molar-refractivity contribution in [3.8, 4) is 0 Å². The van der Waals surface area contributed by atoms with E-state index in [1.165, 1.54) is 21.9 Å². The number of anilines is 2. The van der Waals surface area contributed by atoms with Crippen LogP contribution in [0, 0.1) is 0 Å². The molecule has 0 saturated carbocycles. The van der Waals surface area contributed by atoms with Crippen molar-refractivity contribution < 1.29 is 27.6 Å². The van der Waals surface area contributed by atoms with Gasteiger partial charge in [-0.3, -0.25) is 24.2 Å². The summed E-state index contributed by atoms with van der Waals surface area (Å²) < 4.78 is 39.4. The Balaban J connectivity index is 1.41. The van der Waals surface area contributed by atoms with Gasteiger partial charge in [-0.05, 0) is 29.8 Å². The minimum atomic E-state index is -4.56. The minimum Gasteiger partial charge on any atom is -0.325 e. The smallest absolute Gasteiger partial charge is 0.325 e. The highest BCUT2D eigenvalue weighted by Crippen LogP contribution is 2.44. The molecule has 0 aliphatic carbocycles. The van der Waals surface area contributed by atoms with Crippen LogP contribution in [-0.4, -0.2) is 33.5 Å². The number of rotatable bonds is 5. The van der Waals surface area contributed by atoms with Gasteiger partial charge in [-0.1, -0.05) is 78.6 Å². The molecule has 6 nitrogen and oxygen atoms in total. The van der Waals surface area contributed by atoms with E-state index in [0.29, 0.717) is 15.6 Å². The first-order valence-corrected chi connectivity index (χ1v) is 12.6. The fraction of sp³-hybridized carbons (Fsp3) is 0.111. The molecular weight excluding hydrogens is 535 g/mol. The van der Waals surface area contributed by atoms with Crippen LogP contribution >= 0.6 is 24.0 Å². The first kappa shape index (κ1) is 25.7. The van der Waals surface area contributed by atoms with E-state index >= 15 is 0 Å². The molecule has 3 aromatic carbocycles. The molecule has 0 spiro atoms. The largest absolute Gasteiger partial charge is 0.416 e. The Bertz CT molecular complexity index is 1510. The lowest BCUT2D eigenvalue weighted by atomic mass is 10.1. The fourth-order valence-electron chi connectivity index (χ4n) is 4.23. The second-order valence-electron chi connectivity index (χ2n) is 8.48. The summed E-state index contributed by atoms with van der Waals surface area (Å²) >= 11 is 6.47. The van der Waals surface area contributed by atoms with E-state index in [2.05, 4.69) is 5.32 Å². The molecule has 0 atom stereocenters. The molecule has 38 heavy (non-hydrogen) atoms. The number of fused-ring (bicyclic) bond motifs is 1. The van der Waals surface area contributed by atoms with Crippen molar-refractivity contribution in [3.63, 3.8) is 0 Å². The maximum Gasteiger partial charge on any atom is 0.416 e. The second kappa shape index (κ2) is 10.1. The molecule has 0 unspecified atom stereocenters. The Morgan fingerprint density at radius 1 is 0.895 bits per heavy atom. The normalized spacial score (nSPS) is 17.3. The molecule has 0 bridgehead atoms. The maximum atomic E-state index is 13.6. The number of hydrogen-bond donors (Lipinski definition) is 1. The fourth-order valence-corrected chi connectivity index (χ4v) is 5.55. The average molecular weight is 554 g/mol. The Kier molecular flexibility index (Phi) is 6.80. The summed E-state index contributed by atoms with van der Waals surface area (Å²) in [6.07, 6.45) is -4.56. The molecule has 192 valence electrons. The van der Waals surface area contributed by atoms with Crippen molar-refractivity contribution in [2.24, 2.45) is 0 Å². The minimum absolute atomic E-state index is 0.0493. The van der Waals surface area contributed by atoms with Crippen molar-refractivity contribution in [2.45, 2.75) is 12.7 Å². The van der Waals surface area contributed by atoms with Gasteiger partial charge in [0.25, 0.3) is 11.8 Å². The Hall–Kier alpha value is -3.96. The van der Waals surface area contributed by atoms with Gasteiger partial charge >= 0.3 is 6.18 Å². The van der Waals surface area contributed by atoms with Gasteiger partial charge in [0.2, 0.25) is 5.91 Å². The number of nitrogens with one attached hydrogen (secondary N) is 1. The predicted molar refractivity (Wildman–Crippen MR) is 143 cm³/mol. The molecule has 0 aromatic heterocycles. The number of thiocarbonyl (C=S) groups is 1. The molecule has 2 heterocycles. The molecule has 1 N–H and O–H groups in total. The Morgan fingerprint density at radius 2 is 1.61 bits per heavy atom. The van der Waals surface area contributed by atoms with Crippen LogP contribution in [0.3, 0.4) is 0 Å². The molecule has 3 aromatic rings. The van der Waals surface area contributed by atoms with Gasteiger partial charge in [-0.2, -0.15) is 13.2 Å². The van der Waals surface area contributed by atoms with E-state index in [4.69, 9.17) is 12.2 Å². The number of para-hydroxylation sites is 1. The van der Waals surface area contributed by atoms with Crippen molar-refractivity contribution in [2.75, 3.05) is 16.8 Å². The van der Waals surface area contributed by atoms with Crippen molar-refractivity contribution in [1.82, 2.24) is 4.90 Å². The number of amides is 3. The van der Waals surface area contributed by atoms with Crippen LogP contribution in [0.5, 0.6) is 0 Å². The quantitative estimate of drug-likeness (QED) is 0.336. The lowest BCUT2D eigenvalue weighted by Crippen LogP contribution is -2.35. The Labute approximate surface area is 225 Å². The zero-order valence-corrected chi connectivity index (χ0v) is 21.1. The van der Waals surface area contributed by atoms with Gasteiger partial charge < -0.3 is 5.32 Å². The number of carbonyl (C=O) groups is 3. The van der Waals surface area contributed by atoms with Crippen LogP contribution in [0.25, 0.3) is 5.57 Å². The van der Waals surface area contributed by atoms with Crippen LogP contribution in [0.1, 0.15) is 16.7 Å². The van der Waals surface area contributed by atoms with Crippen molar-refractivity contribution in [1.29, 1.82) is 0 Å². The first-order chi connectivity index (χ1) is 18.1. The van der Waals surface area contributed by atoms with E-state index in [0.717, 1.165) is 29.5 Å². The highest BCUT2D eigenvalue weighted by molar-refractivity contribution is 8.26. The van der Waals surface area contributed by atoms with Crippen LogP contribution in [0.15, 0.2) is 83.8 Å². The van der Waals surface area contributed by atoms with Crippen LogP contribution in [0.4, 0.5) is 24.5 Å². The first-order valence-electron chi connectivity index (χ1n) is 11.3. The van der Waals surface area contributed by atoms with Gasteiger partial charge in [0.05, 0.1) is 28.3 Å². The third kappa shape index (κ3) is 4.94. The van der Waals surface area contributed by atoms with E-state index in [-0.39, 0.29) is 22.7 Å². The van der Waals surface area contributed by atoms with Gasteiger partial charge in [0.15, 0.2) is 0 Å². The number of carbonyl (C=O) groups excluding carboxylic acids is 3. The lowest BCUT2D eigenvalue weighted by Gasteiger charge is -2.17. The molecule has 1 fully saturated rings. The number of alkyl halides is 3. The molecule has 2 aliphatic rings. The summed E-state index contributed by atoms with van der Waals surface area (Å²) in [6, 6.07) is 20.3. The maximum absolute atomic E-state index is 13.6. The van der Waals surface area contributed by atoms with Gasteiger partial charge in [0, 0.05) is 11.3 Å². The summed E-state index contributed by atoms with van der Waals surface area (Å²) in [5, 5.41) is 2.42. The van der Waals surface area contributed by atoms with Gasteiger partial charge in [-0.25, -0.2) is 0 Å². The van der Waals surface area contributed by atoms with Crippen molar-refractivity contribution >= 4 is 63.0 Å². The molecule has 1 saturated heterocycles. The summed E-state index contributed by atoms with van der Waals surface area (Å²) in [7, 11) is 0. The Morgan fingerprint density at radius 3 is 2.34 bits per heavy atom. The number of thioether (sulfide) groups is 1. The van der Waals surface area contributed by atoms with Crippen LogP contribution in [0.2, 0.25) is 0 Å². The topological polar surface area (TPSA) is 69.7 Å². The molecule has 0 radical (unpaired) electrons. The summed E-state index contributed by atoms with van der Waals surface area (Å²) in [5.74, 6) is -1.66. The van der Waals surface area contributed by atoms with Gasteiger partial charge in [-0.15, -0.1) is 0 Å². The lowest BCUT2D eigenvalue weighted by molar-refractivity contribution is -0.137. The number of benzene rings is 3. The van der Waals surface area contributed by atoms with Crippen molar-refractivity contribution in [3.05, 3.63) is 100 Å².